The Morgan fingerprint density at radius 2 is 1.59 bits per heavy atom. The lowest BCUT2D eigenvalue weighted by atomic mass is 10.2. The number of benzene rings is 3. The topological polar surface area (TPSA) is 78.9 Å². The van der Waals surface area contributed by atoms with Gasteiger partial charge in [-0.25, -0.2) is 9.97 Å². The predicted octanol–water partition coefficient (Wildman–Crippen LogP) is 7.77. The van der Waals surface area contributed by atoms with Gasteiger partial charge in [0.15, 0.2) is 0 Å². The molecule has 0 radical (unpaired) electrons. The lowest BCUT2D eigenvalue weighted by Gasteiger charge is -2.15. The molecule has 4 rings (SSSR count). The van der Waals surface area contributed by atoms with Crippen molar-refractivity contribution < 1.29 is 4.79 Å². The van der Waals surface area contributed by atoms with Gasteiger partial charge < -0.3 is 16.0 Å². The minimum Gasteiger partial charge on any atom is -0.354 e. The number of anilines is 5. The number of halogens is 2. The highest BCUT2D eigenvalue weighted by Gasteiger charge is 2.11. The molecule has 172 valence electrons. The first kappa shape index (κ1) is 23.9. The molecule has 0 atom stereocenters. The van der Waals surface area contributed by atoms with E-state index in [1.807, 2.05) is 67.6 Å². The van der Waals surface area contributed by atoms with Crippen LogP contribution in [-0.4, -0.2) is 15.9 Å². The molecule has 3 N–H and O–H groups in total. The van der Waals surface area contributed by atoms with E-state index in [1.54, 1.807) is 18.3 Å². The molecule has 4 aromatic rings. The third-order valence-electron chi connectivity index (χ3n) is 4.61. The Balaban J connectivity index is 1.60. The largest absolute Gasteiger partial charge is 0.354 e. The Morgan fingerprint density at radius 3 is 2.26 bits per heavy atom. The van der Waals surface area contributed by atoms with Crippen molar-refractivity contribution in [3.05, 3.63) is 89.0 Å². The molecule has 0 bridgehead atoms. The van der Waals surface area contributed by atoms with Crippen molar-refractivity contribution in [1.82, 2.24) is 9.97 Å². The van der Waals surface area contributed by atoms with Crippen molar-refractivity contribution in [1.29, 1.82) is 0 Å². The molecule has 3 aromatic carbocycles. The van der Waals surface area contributed by atoms with Crippen LogP contribution in [0.4, 0.5) is 28.7 Å². The molecule has 0 saturated heterocycles. The standard InChI is InChI=1S/C25H21Cl2N5OS/c1-2-23(33)30-20-9-10-22(21(15-20)29-18-7-3-5-16(26)13-18)34-24-11-12-28-25(32-24)31-19-8-4-6-17(27)14-19/h3-15,29H,2H2,1H3,(H,30,33)(H,28,31,32). The van der Waals surface area contributed by atoms with Crippen molar-refractivity contribution in [3.63, 3.8) is 0 Å². The zero-order valence-electron chi connectivity index (χ0n) is 18.2. The Kier molecular flexibility index (Phi) is 7.90. The molecule has 1 heterocycles. The van der Waals surface area contributed by atoms with Crippen LogP contribution in [0, 0.1) is 0 Å². The maximum atomic E-state index is 11.9. The van der Waals surface area contributed by atoms with E-state index in [1.165, 1.54) is 11.8 Å². The van der Waals surface area contributed by atoms with E-state index in [0.717, 1.165) is 27.0 Å². The third-order valence-corrected chi connectivity index (χ3v) is 6.10. The Bertz CT molecular complexity index is 1320. The van der Waals surface area contributed by atoms with E-state index < -0.39 is 0 Å². The number of rotatable bonds is 8. The van der Waals surface area contributed by atoms with Gasteiger partial charge in [-0.15, -0.1) is 0 Å². The number of carbonyl (C=O) groups excluding carboxylic acids is 1. The van der Waals surface area contributed by atoms with Gasteiger partial charge in [-0.3, -0.25) is 4.79 Å². The van der Waals surface area contributed by atoms with Gasteiger partial charge in [0.2, 0.25) is 11.9 Å². The number of nitrogens with one attached hydrogen (secondary N) is 3. The average Bonchev–Trinajstić information content (AvgIpc) is 2.81. The monoisotopic (exact) mass is 509 g/mol. The second kappa shape index (κ2) is 11.2. The fourth-order valence-corrected chi connectivity index (χ4v) is 4.26. The van der Waals surface area contributed by atoms with E-state index in [4.69, 9.17) is 23.2 Å². The summed E-state index contributed by atoms with van der Waals surface area (Å²) < 4.78 is 0. The van der Waals surface area contributed by atoms with Gasteiger partial charge in [-0.1, -0.05) is 54.0 Å². The van der Waals surface area contributed by atoms with Crippen LogP contribution in [0.25, 0.3) is 0 Å². The SMILES string of the molecule is CCC(=O)Nc1ccc(Sc2ccnc(Nc3cccc(Cl)c3)n2)c(Nc2cccc(Cl)c2)c1. The number of carbonyl (C=O) groups is 1. The normalized spacial score (nSPS) is 10.6. The summed E-state index contributed by atoms with van der Waals surface area (Å²) in [5, 5.41) is 11.5. The second-order valence-corrected chi connectivity index (χ2v) is 9.14. The summed E-state index contributed by atoms with van der Waals surface area (Å²) in [4.78, 5) is 21.7. The maximum absolute atomic E-state index is 11.9. The lowest BCUT2D eigenvalue weighted by molar-refractivity contribution is -0.115. The molecule has 0 saturated carbocycles. The van der Waals surface area contributed by atoms with Crippen molar-refractivity contribution in [2.75, 3.05) is 16.0 Å². The zero-order chi connectivity index (χ0) is 23.9. The van der Waals surface area contributed by atoms with Crippen LogP contribution in [0.15, 0.2) is 88.9 Å². The highest BCUT2D eigenvalue weighted by molar-refractivity contribution is 7.99. The molecule has 0 fully saturated rings. The van der Waals surface area contributed by atoms with Gasteiger partial charge in [0.05, 0.1) is 5.69 Å². The van der Waals surface area contributed by atoms with E-state index >= 15 is 0 Å². The summed E-state index contributed by atoms with van der Waals surface area (Å²) >= 11 is 13.7. The van der Waals surface area contributed by atoms with Crippen molar-refractivity contribution in [2.45, 2.75) is 23.3 Å². The predicted molar refractivity (Wildman–Crippen MR) is 141 cm³/mol. The number of hydrogen-bond donors (Lipinski definition) is 3. The molecule has 9 heteroatoms. The minimum atomic E-state index is -0.0540. The van der Waals surface area contributed by atoms with E-state index in [9.17, 15) is 4.79 Å². The summed E-state index contributed by atoms with van der Waals surface area (Å²) in [5.41, 5.74) is 3.14. The summed E-state index contributed by atoms with van der Waals surface area (Å²) in [6.45, 7) is 1.81. The van der Waals surface area contributed by atoms with E-state index in [2.05, 4.69) is 25.9 Å². The summed E-state index contributed by atoms with van der Waals surface area (Å²) in [7, 11) is 0. The summed E-state index contributed by atoms with van der Waals surface area (Å²) in [6, 6.07) is 22.4. The quantitative estimate of drug-likeness (QED) is 0.210. The van der Waals surface area contributed by atoms with E-state index in [-0.39, 0.29) is 5.91 Å². The minimum absolute atomic E-state index is 0.0540. The molecular formula is C25H21Cl2N5OS. The maximum Gasteiger partial charge on any atom is 0.228 e. The molecule has 6 nitrogen and oxygen atoms in total. The van der Waals surface area contributed by atoms with Gasteiger partial charge in [-0.2, -0.15) is 0 Å². The molecule has 0 spiro atoms. The first-order valence-corrected chi connectivity index (χ1v) is 12.1. The molecule has 0 aliphatic carbocycles. The average molecular weight is 510 g/mol. The van der Waals surface area contributed by atoms with Crippen molar-refractivity contribution in [2.24, 2.45) is 0 Å². The molecule has 1 amide bonds. The van der Waals surface area contributed by atoms with Crippen LogP contribution in [0.3, 0.4) is 0 Å². The van der Waals surface area contributed by atoms with Crippen LogP contribution in [0.5, 0.6) is 0 Å². The Hall–Kier alpha value is -3.26. The Labute approximate surface area is 212 Å². The molecule has 0 unspecified atom stereocenters. The Morgan fingerprint density at radius 1 is 0.882 bits per heavy atom. The third kappa shape index (κ3) is 6.63. The number of hydrogen-bond acceptors (Lipinski definition) is 6. The van der Waals surface area contributed by atoms with Crippen molar-refractivity contribution in [3.8, 4) is 0 Å². The second-order valence-electron chi connectivity index (χ2n) is 7.20. The molecule has 0 aliphatic rings. The molecule has 34 heavy (non-hydrogen) atoms. The van der Waals surface area contributed by atoms with E-state index in [0.29, 0.717) is 28.1 Å². The van der Waals surface area contributed by atoms with Crippen molar-refractivity contribution >= 4 is 69.6 Å². The fraction of sp³-hybridized carbons (Fsp3) is 0.0800. The van der Waals surface area contributed by atoms with Gasteiger partial charge >= 0.3 is 0 Å². The fourth-order valence-electron chi connectivity index (χ4n) is 3.03. The smallest absolute Gasteiger partial charge is 0.228 e. The van der Waals surface area contributed by atoms with Gasteiger partial charge in [-0.05, 0) is 60.7 Å². The van der Waals surface area contributed by atoms with Gasteiger partial charge in [0, 0.05) is 44.6 Å². The first-order valence-electron chi connectivity index (χ1n) is 10.5. The highest BCUT2D eigenvalue weighted by atomic mass is 35.5. The highest BCUT2D eigenvalue weighted by Crippen LogP contribution is 2.36. The van der Waals surface area contributed by atoms with Crippen LogP contribution in [0.2, 0.25) is 10.0 Å². The van der Waals surface area contributed by atoms with Crippen LogP contribution in [0.1, 0.15) is 13.3 Å². The van der Waals surface area contributed by atoms with Crippen LogP contribution in [-0.2, 0) is 4.79 Å². The lowest BCUT2D eigenvalue weighted by Crippen LogP contribution is -2.09. The van der Waals surface area contributed by atoms with Crippen LogP contribution >= 0.6 is 35.0 Å². The number of aromatic nitrogens is 2. The number of amides is 1. The van der Waals surface area contributed by atoms with Gasteiger partial charge in [0.25, 0.3) is 0 Å². The molecular weight excluding hydrogens is 489 g/mol. The molecule has 1 aromatic heterocycles. The summed E-state index contributed by atoms with van der Waals surface area (Å²) in [5.74, 6) is 0.407. The molecule has 0 aliphatic heterocycles. The van der Waals surface area contributed by atoms with Gasteiger partial charge in [0.1, 0.15) is 5.03 Å². The zero-order valence-corrected chi connectivity index (χ0v) is 20.5. The van der Waals surface area contributed by atoms with Crippen LogP contribution < -0.4 is 16.0 Å². The first-order chi connectivity index (χ1) is 16.5. The summed E-state index contributed by atoms with van der Waals surface area (Å²) in [6.07, 6.45) is 2.10. The number of nitrogens with zero attached hydrogens (tertiary/aromatic N) is 2.